The van der Waals surface area contributed by atoms with E-state index in [0.29, 0.717) is 5.76 Å². The topological polar surface area (TPSA) is 183 Å². The highest BCUT2D eigenvalue weighted by molar-refractivity contribution is 5.88. The fraction of sp³-hybridized carbons (Fsp3) is 0.542. The van der Waals surface area contributed by atoms with Gasteiger partial charge in [0, 0.05) is 12.5 Å². The summed E-state index contributed by atoms with van der Waals surface area (Å²) < 4.78 is 16.6. The lowest BCUT2D eigenvalue weighted by Crippen LogP contribution is -2.46. The molecule has 0 radical (unpaired) electrons. The summed E-state index contributed by atoms with van der Waals surface area (Å²) in [7, 11) is 1.65. The first-order valence-corrected chi connectivity index (χ1v) is 11.5. The third-order valence-electron chi connectivity index (χ3n) is 7.27. The van der Waals surface area contributed by atoms with Crippen LogP contribution in [-0.4, -0.2) is 92.6 Å². The maximum atomic E-state index is 11.0. The Balaban J connectivity index is 0.000000203. The highest BCUT2D eigenvalue weighted by Gasteiger charge is 2.56. The molecular weight excluding hydrogens is 478 g/mol. The van der Waals surface area contributed by atoms with E-state index in [4.69, 9.17) is 34.6 Å². The first kappa shape index (κ1) is 25.7. The zero-order valence-corrected chi connectivity index (χ0v) is 19.7. The van der Waals surface area contributed by atoms with Gasteiger partial charge in [-0.25, -0.2) is 4.79 Å². The predicted molar refractivity (Wildman–Crippen MR) is 121 cm³/mol. The lowest BCUT2D eigenvalue weighted by molar-refractivity contribution is -0.170. The molecule has 12 heteroatoms. The van der Waals surface area contributed by atoms with Gasteiger partial charge >= 0.3 is 17.9 Å². The summed E-state index contributed by atoms with van der Waals surface area (Å²) in [6.07, 6.45) is 2.50. The monoisotopic (exact) mass is 507 g/mol. The first-order valence-electron chi connectivity index (χ1n) is 11.5. The van der Waals surface area contributed by atoms with Gasteiger partial charge in [0.1, 0.15) is 11.9 Å². The van der Waals surface area contributed by atoms with Crippen LogP contribution >= 0.6 is 0 Å². The van der Waals surface area contributed by atoms with Crippen molar-refractivity contribution in [2.45, 2.75) is 55.3 Å². The van der Waals surface area contributed by atoms with Gasteiger partial charge in [0.05, 0.1) is 25.5 Å². The van der Waals surface area contributed by atoms with Crippen LogP contribution in [0, 0.1) is 0 Å². The molecule has 1 aliphatic carbocycles. The molecule has 36 heavy (non-hydrogen) atoms. The van der Waals surface area contributed by atoms with Crippen LogP contribution in [0.4, 0.5) is 0 Å². The fourth-order valence-corrected chi connectivity index (χ4v) is 5.71. The molecule has 12 nitrogen and oxygen atoms in total. The van der Waals surface area contributed by atoms with Crippen molar-refractivity contribution in [1.29, 1.82) is 0 Å². The van der Waals surface area contributed by atoms with Crippen LogP contribution in [0.1, 0.15) is 42.7 Å². The number of carboxylic acids is 3. The Labute approximate surface area is 206 Å². The van der Waals surface area contributed by atoms with E-state index in [0.717, 1.165) is 43.9 Å². The molecule has 0 bridgehead atoms. The highest BCUT2D eigenvalue weighted by atomic mass is 16.7. The van der Waals surface area contributed by atoms with E-state index in [2.05, 4.69) is 23.1 Å². The molecule has 0 saturated carbocycles. The Morgan fingerprint density at radius 2 is 1.75 bits per heavy atom. The minimum absolute atomic E-state index is 0.00644. The van der Waals surface area contributed by atoms with Crippen LogP contribution in [0.2, 0.25) is 0 Å². The number of rotatable bonds is 6. The molecule has 1 fully saturated rings. The van der Waals surface area contributed by atoms with Crippen LogP contribution in [-0.2, 0) is 25.5 Å². The van der Waals surface area contributed by atoms with Gasteiger partial charge in [-0.2, -0.15) is 0 Å². The fourth-order valence-electron chi connectivity index (χ4n) is 5.71. The number of hydrogen-bond donors (Lipinski definition) is 5. The number of carbonyl (C=O) groups is 3. The van der Waals surface area contributed by atoms with E-state index in [1.165, 1.54) is 11.1 Å². The van der Waals surface area contributed by atoms with Gasteiger partial charge < -0.3 is 39.7 Å². The zero-order valence-electron chi connectivity index (χ0n) is 19.7. The van der Waals surface area contributed by atoms with Crippen LogP contribution in [0.25, 0.3) is 0 Å². The quantitative estimate of drug-likeness (QED) is 0.361. The minimum Gasteiger partial charge on any atom is -0.499 e. The van der Waals surface area contributed by atoms with Crippen molar-refractivity contribution in [3.63, 3.8) is 0 Å². The second-order valence-corrected chi connectivity index (χ2v) is 9.39. The molecule has 1 saturated heterocycles. The van der Waals surface area contributed by atoms with Crippen molar-refractivity contribution < 1.29 is 54.1 Å². The van der Waals surface area contributed by atoms with Crippen LogP contribution in [0.3, 0.4) is 0 Å². The van der Waals surface area contributed by atoms with Crippen molar-refractivity contribution in [1.82, 2.24) is 4.90 Å². The van der Waals surface area contributed by atoms with Crippen molar-refractivity contribution in [2.24, 2.45) is 0 Å². The summed E-state index contributed by atoms with van der Waals surface area (Å²) in [5, 5.41) is 44.8. The molecule has 0 aromatic heterocycles. The van der Waals surface area contributed by atoms with E-state index in [1.807, 2.05) is 0 Å². The lowest BCUT2D eigenvalue weighted by Gasteiger charge is -2.38. The van der Waals surface area contributed by atoms with E-state index >= 15 is 0 Å². The number of aliphatic hydroxyl groups is 2. The molecule has 3 atom stereocenters. The molecule has 5 rings (SSSR count). The van der Waals surface area contributed by atoms with E-state index in [1.54, 1.807) is 7.11 Å². The number of methoxy groups -OCH3 is 1. The second-order valence-electron chi connectivity index (χ2n) is 9.39. The van der Waals surface area contributed by atoms with Crippen LogP contribution in [0.15, 0.2) is 24.0 Å². The Hall–Kier alpha value is -3.35. The lowest BCUT2D eigenvalue weighted by atomic mass is 9.78. The smallest absolute Gasteiger partial charge is 0.336 e. The molecule has 1 spiro atoms. The maximum Gasteiger partial charge on any atom is 0.336 e. The van der Waals surface area contributed by atoms with Crippen molar-refractivity contribution >= 4 is 17.9 Å². The molecule has 5 N–H and O–H groups in total. The van der Waals surface area contributed by atoms with Gasteiger partial charge in [-0.1, -0.05) is 0 Å². The third-order valence-corrected chi connectivity index (χ3v) is 7.27. The largest absolute Gasteiger partial charge is 0.499 e. The summed E-state index contributed by atoms with van der Waals surface area (Å²) in [6, 6.07) is 4.19. The Morgan fingerprint density at radius 1 is 1.11 bits per heavy atom. The summed E-state index contributed by atoms with van der Waals surface area (Å²) >= 11 is 0. The van der Waals surface area contributed by atoms with Gasteiger partial charge in [0.2, 0.25) is 6.79 Å². The normalized spacial score (nSPS) is 25.9. The van der Waals surface area contributed by atoms with E-state index < -0.39 is 42.5 Å². The average Bonchev–Trinajstić information content (AvgIpc) is 3.46. The predicted octanol–water partition coefficient (Wildman–Crippen LogP) is 0.546. The Bertz CT molecular complexity index is 1080. The molecule has 0 amide bonds. The number of benzene rings is 1. The van der Waals surface area contributed by atoms with E-state index in [9.17, 15) is 19.5 Å². The van der Waals surface area contributed by atoms with Crippen molar-refractivity contribution in [3.05, 3.63) is 35.1 Å². The number of aliphatic carboxylic acids is 3. The van der Waals surface area contributed by atoms with Crippen molar-refractivity contribution in [3.8, 4) is 11.5 Å². The van der Waals surface area contributed by atoms with Crippen LogP contribution in [0.5, 0.6) is 11.5 Å². The van der Waals surface area contributed by atoms with Gasteiger partial charge in [-0.05, 0) is 55.1 Å². The Morgan fingerprint density at radius 3 is 2.33 bits per heavy atom. The van der Waals surface area contributed by atoms with Crippen LogP contribution < -0.4 is 9.47 Å². The molecular formula is C24H29NO11. The van der Waals surface area contributed by atoms with Gasteiger partial charge in [0.15, 0.2) is 17.1 Å². The molecule has 3 heterocycles. The number of aliphatic hydroxyl groups excluding tert-OH is 1. The molecule has 3 aliphatic heterocycles. The maximum absolute atomic E-state index is 11.0. The van der Waals surface area contributed by atoms with Crippen molar-refractivity contribution in [2.75, 3.05) is 27.0 Å². The summed E-state index contributed by atoms with van der Waals surface area (Å²) in [5.74, 6) is -2.69. The van der Waals surface area contributed by atoms with E-state index in [-0.39, 0.29) is 18.2 Å². The summed E-state index contributed by atoms with van der Waals surface area (Å²) in [5.41, 5.74) is -0.409. The minimum atomic E-state index is -2.74. The molecule has 4 aliphatic rings. The molecule has 1 aromatic carbocycles. The third kappa shape index (κ3) is 4.47. The first-order chi connectivity index (χ1) is 17.0. The number of carboxylic acid groups (broad SMARTS) is 3. The zero-order chi connectivity index (χ0) is 26.3. The molecule has 196 valence electrons. The second kappa shape index (κ2) is 9.60. The summed E-state index contributed by atoms with van der Waals surface area (Å²) in [4.78, 5) is 33.0. The number of nitrogens with zero attached hydrogens (tertiary/aromatic N) is 1. The Kier molecular flexibility index (Phi) is 6.86. The highest BCUT2D eigenvalue weighted by Crippen LogP contribution is 2.54. The standard InChI is InChI=1S/C18H21NO4.C6H8O7/c1-21-15-9-18-4-2-5-19(18)6-3-11-7-13-14(23-10-22-13)8-12(11)16(18)17(15)20;7-3(8)1-6(13,5(11)12)2-4(9)10/h7-9,16-17,20H,2-6,10H2,1H3;13H,1-2H2,(H,7,8)(H,9,10)(H,11,12)/t16-,17-,18+;/m1./s1. The number of fused-ring (bicyclic) bond motifs is 3. The summed E-state index contributed by atoms with van der Waals surface area (Å²) in [6.45, 7) is 2.37. The molecule has 1 aromatic rings. The van der Waals surface area contributed by atoms with Gasteiger partial charge in [-0.15, -0.1) is 0 Å². The number of ether oxygens (including phenoxy) is 3. The van der Waals surface area contributed by atoms with Gasteiger partial charge in [0.25, 0.3) is 0 Å². The SMILES string of the molecule is COC1=C[C@]23CCCN2CCc2cc4c(cc2[C@@H]3[C@@H]1O)OCO4.O=C(O)CC(O)(CC(=O)O)C(=O)O. The number of hydrogen-bond acceptors (Lipinski definition) is 9. The van der Waals surface area contributed by atoms with Gasteiger partial charge in [-0.3, -0.25) is 14.5 Å². The molecule has 0 unspecified atom stereocenters. The average molecular weight is 507 g/mol.